The van der Waals surface area contributed by atoms with Crippen LogP contribution in [0.3, 0.4) is 0 Å². The van der Waals surface area contributed by atoms with Crippen LogP contribution in [0.4, 0.5) is 0 Å². The highest BCUT2D eigenvalue weighted by Crippen LogP contribution is 2.10. The number of ether oxygens (including phenoxy) is 1. The Labute approximate surface area is 75.8 Å². The maximum absolute atomic E-state index is 5.38. The van der Waals surface area contributed by atoms with Gasteiger partial charge in [0.25, 0.3) is 0 Å². The topological polar surface area (TPSA) is 61.0 Å². The Balaban J connectivity index is 2.41. The molecule has 1 aromatic heterocycles. The minimum absolute atomic E-state index is 0.638. The summed E-state index contributed by atoms with van der Waals surface area (Å²) in [5.74, 6) is 0. The summed E-state index contributed by atoms with van der Waals surface area (Å²) in [4.78, 5) is 0. The van der Waals surface area contributed by atoms with Gasteiger partial charge in [0.2, 0.25) is 0 Å². The fraction of sp³-hybridized carbons (Fsp3) is 0.714. The number of nitrogens with zero attached hydrogens (tertiary/aromatic N) is 2. The first-order chi connectivity index (χ1) is 5.86. The normalized spacial score (nSPS) is 10.5. The van der Waals surface area contributed by atoms with Gasteiger partial charge in [0.1, 0.15) is 10.0 Å². The van der Waals surface area contributed by atoms with Gasteiger partial charge in [0.05, 0.1) is 6.61 Å². The van der Waals surface area contributed by atoms with Crippen LogP contribution in [0.2, 0.25) is 0 Å². The van der Waals surface area contributed by atoms with Crippen LogP contribution in [0.5, 0.6) is 0 Å². The molecule has 1 heterocycles. The van der Waals surface area contributed by atoms with Crippen molar-refractivity contribution in [1.82, 2.24) is 10.2 Å². The van der Waals surface area contributed by atoms with Crippen LogP contribution < -0.4 is 5.73 Å². The molecular formula is C7H13N3OS. The van der Waals surface area contributed by atoms with Crippen LogP contribution in [-0.2, 0) is 17.6 Å². The van der Waals surface area contributed by atoms with Crippen molar-refractivity contribution in [3.05, 3.63) is 10.0 Å². The molecule has 0 bridgehead atoms. The maximum atomic E-state index is 5.38. The van der Waals surface area contributed by atoms with E-state index in [1.54, 1.807) is 18.4 Å². The Hall–Kier alpha value is -0.520. The third-order valence-electron chi connectivity index (χ3n) is 1.39. The maximum Gasteiger partial charge on any atom is 0.119 e. The molecular weight excluding hydrogens is 174 g/mol. The Morgan fingerprint density at radius 1 is 1.33 bits per heavy atom. The summed E-state index contributed by atoms with van der Waals surface area (Å²) < 4.78 is 4.93. The predicted octanol–water partition coefficient (Wildman–Crippen LogP) is 0.228. The molecule has 1 aromatic rings. The van der Waals surface area contributed by atoms with Gasteiger partial charge in [-0.25, -0.2) is 0 Å². The lowest BCUT2D eigenvalue weighted by Gasteiger charge is -1.91. The van der Waals surface area contributed by atoms with E-state index >= 15 is 0 Å². The van der Waals surface area contributed by atoms with E-state index in [4.69, 9.17) is 10.5 Å². The van der Waals surface area contributed by atoms with Gasteiger partial charge >= 0.3 is 0 Å². The molecule has 0 radical (unpaired) electrons. The summed E-state index contributed by atoms with van der Waals surface area (Å²) in [6.45, 7) is 1.34. The fourth-order valence-electron chi connectivity index (χ4n) is 0.803. The average Bonchev–Trinajstić information content (AvgIpc) is 2.50. The number of nitrogens with two attached hydrogens (primary N) is 1. The molecule has 0 amide bonds. The van der Waals surface area contributed by atoms with Crippen molar-refractivity contribution in [3.63, 3.8) is 0 Å². The van der Waals surface area contributed by atoms with Crippen molar-refractivity contribution in [1.29, 1.82) is 0 Å². The lowest BCUT2D eigenvalue weighted by molar-refractivity contribution is 0.202. The van der Waals surface area contributed by atoms with Gasteiger partial charge in [0.15, 0.2) is 0 Å². The molecule has 0 saturated heterocycles. The highest BCUT2D eigenvalue weighted by atomic mass is 32.1. The minimum Gasteiger partial charge on any atom is -0.384 e. The van der Waals surface area contributed by atoms with Crippen LogP contribution in [0.25, 0.3) is 0 Å². The monoisotopic (exact) mass is 187 g/mol. The lowest BCUT2D eigenvalue weighted by atomic mass is 10.5. The number of aromatic nitrogens is 2. The first-order valence-corrected chi connectivity index (χ1v) is 4.68. The zero-order chi connectivity index (χ0) is 8.81. The minimum atomic E-state index is 0.638. The summed E-state index contributed by atoms with van der Waals surface area (Å²) in [7, 11) is 1.68. The zero-order valence-corrected chi connectivity index (χ0v) is 7.93. The van der Waals surface area contributed by atoms with Gasteiger partial charge in [-0.15, -0.1) is 21.5 Å². The third-order valence-corrected chi connectivity index (χ3v) is 2.43. The second kappa shape index (κ2) is 5.18. The molecule has 0 fully saturated rings. The van der Waals surface area contributed by atoms with E-state index in [9.17, 15) is 0 Å². The number of methoxy groups -OCH3 is 1. The molecule has 0 aliphatic rings. The largest absolute Gasteiger partial charge is 0.384 e. The molecule has 0 unspecified atom stereocenters. The Morgan fingerprint density at radius 2 is 2.00 bits per heavy atom. The molecule has 5 heteroatoms. The second-order valence-corrected chi connectivity index (χ2v) is 3.52. The van der Waals surface area contributed by atoms with Gasteiger partial charge in [-0.05, 0) is 6.54 Å². The lowest BCUT2D eigenvalue weighted by Crippen LogP contribution is -2.01. The summed E-state index contributed by atoms with van der Waals surface area (Å²) in [5, 5.41) is 10.0. The molecule has 1 rings (SSSR count). The Bertz CT molecular complexity index is 226. The summed E-state index contributed by atoms with van der Waals surface area (Å²) >= 11 is 1.62. The molecule has 0 saturated carbocycles. The van der Waals surface area contributed by atoms with Crippen molar-refractivity contribution in [3.8, 4) is 0 Å². The van der Waals surface area contributed by atoms with Crippen LogP contribution in [0.1, 0.15) is 10.0 Å². The summed E-state index contributed by atoms with van der Waals surface area (Å²) in [6, 6.07) is 0. The Kier molecular flexibility index (Phi) is 4.13. The van der Waals surface area contributed by atoms with E-state index in [-0.39, 0.29) is 0 Å². The van der Waals surface area contributed by atoms with Crippen molar-refractivity contribution in [2.24, 2.45) is 5.73 Å². The smallest absolute Gasteiger partial charge is 0.119 e. The molecule has 0 spiro atoms. The molecule has 4 nitrogen and oxygen atoms in total. The quantitative estimate of drug-likeness (QED) is 0.716. The highest BCUT2D eigenvalue weighted by Gasteiger charge is 2.01. The predicted molar refractivity (Wildman–Crippen MR) is 48.2 cm³/mol. The molecule has 0 aliphatic heterocycles. The second-order valence-electron chi connectivity index (χ2n) is 2.37. The molecule has 0 aromatic carbocycles. The number of hydrogen-bond acceptors (Lipinski definition) is 5. The van der Waals surface area contributed by atoms with Gasteiger partial charge in [-0.2, -0.15) is 0 Å². The van der Waals surface area contributed by atoms with Crippen LogP contribution in [-0.4, -0.2) is 30.5 Å². The van der Waals surface area contributed by atoms with E-state index in [0.29, 0.717) is 13.2 Å². The van der Waals surface area contributed by atoms with Gasteiger partial charge < -0.3 is 10.5 Å². The van der Waals surface area contributed by atoms with Crippen LogP contribution in [0.15, 0.2) is 0 Å². The molecule has 68 valence electrons. The molecule has 12 heavy (non-hydrogen) atoms. The van der Waals surface area contributed by atoms with Gasteiger partial charge in [-0.3, -0.25) is 0 Å². The Morgan fingerprint density at radius 3 is 2.58 bits per heavy atom. The first kappa shape index (κ1) is 9.57. The van der Waals surface area contributed by atoms with Crippen molar-refractivity contribution < 1.29 is 4.74 Å². The van der Waals surface area contributed by atoms with E-state index in [1.807, 2.05) is 0 Å². The molecule has 0 atom stereocenters. The molecule has 0 aliphatic carbocycles. The van der Waals surface area contributed by atoms with E-state index in [0.717, 1.165) is 22.9 Å². The molecule has 2 N–H and O–H groups in total. The highest BCUT2D eigenvalue weighted by molar-refractivity contribution is 7.11. The van der Waals surface area contributed by atoms with Gasteiger partial charge in [0, 0.05) is 20.0 Å². The standard InChI is InChI=1S/C7H13N3OS/c1-11-5-3-7-10-9-6(12-7)2-4-8/h2-5,8H2,1H3. The van der Waals surface area contributed by atoms with E-state index in [1.165, 1.54) is 0 Å². The summed E-state index contributed by atoms with van der Waals surface area (Å²) in [6.07, 6.45) is 1.67. The first-order valence-electron chi connectivity index (χ1n) is 3.87. The van der Waals surface area contributed by atoms with Crippen LogP contribution in [0, 0.1) is 0 Å². The number of hydrogen-bond donors (Lipinski definition) is 1. The van der Waals surface area contributed by atoms with E-state index in [2.05, 4.69) is 10.2 Å². The summed E-state index contributed by atoms with van der Waals surface area (Å²) in [5.41, 5.74) is 5.38. The van der Waals surface area contributed by atoms with Crippen LogP contribution >= 0.6 is 11.3 Å². The van der Waals surface area contributed by atoms with Crippen molar-refractivity contribution in [2.45, 2.75) is 12.8 Å². The van der Waals surface area contributed by atoms with Crippen molar-refractivity contribution >= 4 is 11.3 Å². The van der Waals surface area contributed by atoms with Gasteiger partial charge in [-0.1, -0.05) is 0 Å². The van der Waals surface area contributed by atoms with Crippen molar-refractivity contribution in [2.75, 3.05) is 20.3 Å². The SMILES string of the molecule is COCCc1nnc(CCN)s1. The fourth-order valence-corrected chi connectivity index (χ4v) is 1.64. The average molecular weight is 187 g/mol. The number of rotatable bonds is 5. The zero-order valence-electron chi connectivity index (χ0n) is 7.12. The van der Waals surface area contributed by atoms with E-state index < -0.39 is 0 Å². The third kappa shape index (κ3) is 2.84.